The molecule has 0 saturated carbocycles. The summed E-state index contributed by atoms with van der Waals surface area (Å²) >= 11 is 0. The van der Waals surface area contributed by atoms with Gasteiger partial charge in [0.2, 0.25) is 0 Å². The first-order chi connectivity index (χ1) is 17.1. The number of allylic oxidation sites excluding steroid dienone is 2. The Morgan fingerprint density at radius 1 is 0.971 bits per heavy atom. The van der Waals surface area contributed by atoms with Crippen LogP contribution in [0, 0.1) is 0 Å². The number of hydrogen-bond acceptors (Lipinski definition) is 7. The highest BCUT2D eigenvalue weighted by Crippen LogP contribution is 2.38. The molecule has 0 saturated heterocycles. The zero-order chi connectivity index (χ0) is 24.4. The van der Waals surface area contributed by atoms with Crippen molar-refractivity contribution in [3.8, 4) is 23.0 Å². The maximum Gasteiger partial charge on any atom is 0.162 e. The monoisotopic (exact) mass is 472 g/mol. The van der Waals surface area contributed by atoms with E-state index in [-0.39, 0.29) is 0 Å². The number of aromatic nitrogens is 1. The average molecular weight is 473 g/mol. The lowest BCUT2D eigenvalue weighted by molar-refractivity contribution is 0.155. The van der Waals surface area contributed by atoms with Gasteiger partial charge >= 0.3 is 0 Å². The fourth-order valence-corrected chi connectivity index (χ4v) is 4.54. The zero-order valence-corrected chi connectivity index (χ0v) is 20.1. The molecule has 7 heteroatoms. The quantitative estimate of drug-likeness (QED) is 0.477. The van der Waals surface area contributed by atoms with Crippen molar-refractivity contribution in [2.45, 2.75) is 13.3 Å². The predicted octanol–water partition coefficient (Wildman–Crippen LogP) is 5.93. The van der Waals surface area contributed by atoms with Gasteiger partial charge in [-0.1, -0.05) is 6.08 Å². The zero-order valence-electron chi connectivity index (χ0n) is 20.1. The third kappa shape index (κ3) is 4.42. The van der Waals surface area contributed by atoms with Crippen LogP contribution in [0.5, 0.6) is 23.0 Å². The highest BCUT2D eigenvalue weighted by molar-refractivity contribution is 5.88. The fourth-order valence-electron chi connectivity index (χ4n) is 4.54. The number of methoxy groups -OCH3 is 2. The highest BCUT2D eigenvalue weighted by Gasteiger charge is 2.23. The van der Waals surface area contributed by atoms with E-state index in [1.165, 1.54) is 0 Å². The Bertz CT molecular complexity index is 1340. The number of nitrogens with zero attached hydrogens (tertiary/aromatic N) is 2. The molecule has 0 unspecified atom stereocenters. The average Bonchev–Trinajstić information content (AvgIpc) is 2.89. The van der Waals surface area contributed by atoms with E-state index in [1.807, 2.05) is 55.5 Å². The molecule has 2 aromatic carbocycles. The molecule has 7 nitrogen and oxygen atoms in total. The van der Waals surface area contributed by atoms with E-state index >= 15 is 0 Å². The van der Waals surface area contributed by atoms with Crippen LogP contribution in [0.15, 0.2) is 83.4 Å². The Labute approximate surface area is 204 Å². The normalized spacial score (nSPS) is 16.1. The van der Waals surface area contributed by atoms with Crippen molar-refractivity contribution in [3.05, 3.63) is 83.4 Å². The minimum absolute atomic E-state index is 0.337. The number of pyridine rings is 1. The Balaban J connectivity index is 1.41. The molecule has 0 radical (unpaired) electrons. The molecule has 5 rings (SSSR count). The molecule has 0 fully saturated rings. The molecular weight excluding hydrogens is 444 g/mol. The number of aliphatic hydroxyl groups excluding tert-OH is 1. The van der Waals surface area contributed by atoms with Crippen molar-refractivity contribution >= 4 is 16.6 Å². The molecule has 0 spiro atoms. The molecule has 2 aliphatic rings. The van der Waals surface area contributed by atoms with Gasteiger partial charge < -0.3 is 29.0 Å². The van der Waals surface area contributed by atoms with Crippen molar-refractivity contribution in [1.29, 1.82) is 0 Å². The van der Waals surface area contributed by atoms with Gasteiger partial charge in [0, 0.05) is 41.2 Å². The molecule has 0 bridgehead atoms. The number of aliphatic hydroxyl groups is 1. The van der Waals surface area contributed by atoms with Crippen LogP contribution in [-0.2, 0) is 4.74 Å². The first kappa shape index (κ1) is 22.8. The Morgan fingerprint density at radius 2 is 1.74 bits per heavy atom. The summed E-state index contributed by atoms with van der Waals surface area (Å²) in [5, 5.41) is 11.4. The van der Waals surface area contributed by atoms with Crippen LogP contribution in [0.3, 0.4) is 0 Å². The number of hydrogen-bond donors (Lipinski definition) is 1. The van der Waals surface area contributed by atoms with Crippen LogP contribution < -0.4 is 19.1 Å². The van der Waals surface area contributed by atoms with E-state index in [1.54, 1.807) is 20.4 Å². The Kier molecular flexibility index (Phi) is 6.33. The minimum atomic E-state index is 0.337. The molecule has 0 aliphatic carbocycles. The smallest absolute Gasteiger partial charge is 0.162 e. The fraction of sp³-hybridized carbons (Fsp3) is 0.250. The van der Waals surface area contributed by atoms with Crippen molar-refractivity contribution in [1.82, 2.24) is 4.98 Å². The summed E-state index contributed by atoms with van der Waals surface area (Å²) in [7, 11) is 3.21. The third-order valence-corrected chi connectivity index (χ3v) is 6.36. The van der Waals surface area contributed by atoms with Gasteiger partial charge in [-0.15, -0.1) is 0 Å². The second-order valence-electron chi connectivity index (χ2n) is 8.34. The van der Waals surface area contributed by atoms with E-state index in [4.69, 9.17) is 18.9 Å². The predicted molar refractivity (Wildman–Crippen MR) is 136 cm³/mol. The standard InChI is InChI=1S/C28H28N2O5/c1-18-28(19-10-14-34-15-11-19)24(31)9-13-30(18)20-4-6-21(7-5-20)35-25-8-12-29-23-17-27(33-3)26(32-2)16-22(23)25/h4-10,12,16-17,31H,11,13-15H2,1-3H3. The maximum absolute atomic E-state index is 10.6. The minimum Gasteiger partial charge on any atom is -0.508 e. The highest BCUT2D eigenvalue weighted by atomic mass is 16.5. The molecule has 0 atom stereocenters. The van der Waals surface area contributed by atoms with Crippen molar-refractivity contribution < 1.29 is 24.1 Å². The van der Waals surface area contributed by atoms with Gasteiger partial charge in [-0.25, -0.2) is 0 Å². The third-order valence-electron chi connectivity index (χ3n) is 6.36. The molecule has 35 heavy (non-hydrogen) atoms. The van der Waals surface area contributed by atoms with Crippen LogP contribution in [0.4, 0.5) is 5.69 Å². The Morgan fingerprint density at radius 3 is 2.46 bits per heavy atom. The lowest BCUT2D eigenvalue weighted by atomic mass is 9.95. The van der Waals surface area contributed by atoms with E-state index in [2.05, 4.69) is 16.0 Å². The van der Waals surface area contributed by atoms with Gasteiger partial charge in [-0.05, 0) is 61.4 Å². The lowest BCUT2D eigenvalue weighted by Gasteiger charge is -2.32. The SMILES string of the molecule is COc1cc2nccc(Oc3ccc(N4CC=C(O)C(C5=CCOCC5)=C4C)cc3)c2cc1OC. The van der Waals surface area contributed by atoms with Crippen LogP contribution in [0.1, 0.15) is 13.3 Å². The molecule has 1 aromatic heterocycles. The molecule has 2 aliphatic heterocycles. The second kappa shape index (κ2) is 9.72. The molecule has 1 N–H and O–H groups in total. The van der Waals surface area contributed by atoms with E-state index < -0.39 is 0 Å². The molecule has 0 amide bonds. The van der Waals surface area contributed by atoms with Crippen molar-refractivity contribution in [2.75, 3.05) is 38.9 Å². The van der Waals surface area contributed by atoms with Gasteiger partial charge in [-0.3, -0.25) is 4.98 Å². The van der Waals surface area contributed by atoms with Gasteiger partial charge in [0.25, 0.3) is 0 Å². The van der Waals surface area contributed by atoms with Crippen LogP contribution in [-0.4, -0.2) is 44.1 Å². The van der Waals surface area contributed by atoms with Crippen molar-refractivity contribution in [3.63, 3.8) is 0 Å². The number of ether oxygens (including phenoxy) is 4. The summed E-state index contributed by atoms with van der Waals surface area (Å²) in [6, 6.07) is 13.5. The number of rotatable bonds is 6. The summed E-state index contributed by atoms with van der Waals surface area (Å²) in [6.45, 7) is 3.89. The maximum atomic E-state index is 10.6. The summed E-state index contributed by atoms with van der Waals surface area (Å²) in [4.78, 5) is 6.63. The first-order valence-electron chi connectivity index (χ1n) is 11.5. The largest absolute Gasteiger partial charge is 0.508 e. The number of anilines is 1. The number of benzene rings is 2. The molecule has 180 valence electrons. The molecule has 3 heterocycles. The summed E-state index contributed by atoms with van der Waals surface area (Å²) in [5.74, 6) is 2.96. The molecule has 3 aromatic rings. The molecular formula is C28H28N2O5. The Hall–Kier alpha value is -3.97. The van der Waals surface area contributed by atoms with Gasteiger partial charge in [-0.2, -0.15) is 0 Å². The van der Waals surface area contributed by atoms with Crippen LogP contribution >= 0.6 is 0 Å². The summed E-state index contributed by atoms with van der Waals surface area (Å²) < 4.78 is 22.5. The van der Waals surface area contributed by atoms with Gasteiger partial charge in [0.05, 0.1) is 33.0 Å². The van der Waals surface area contributed by atoms with Gasteiger partial charge in [0.15, 0.2) is 11.5 Å². The van der Waals surface area contributed by atoms with E-state index in [0.29, 0.717) is 48.5 Å². The summed E-state index contributed by atoms with van der Waals surface area (Å²) in [5.41, 5.74) is 4.83. The van der Waals surface area contributed by atoms with Crippen molar-refractivity contribution in [2.24, 2.45) is 0 Å². The lowest BCUT2D eigenvalue weighted by Crippen LogP contribution is -2.27. The second-order valence-corrected chi connectivity index (χ2v) is 8.34. The first-order valence-corrected chi connectivity index (χ1v) is 11.5. The van der Waals surface area contributed by atoms with Crippen LogP contribution in [0.25, 0.3) is 10.9 Å². The van der Waals surface area contributed by atoms with Gasteiger partial charge in [0.1, 0.15) is 17.3 Å². The van der Waals surface area contributed by atoms with E-state index in [9.17, 15) is 5.11 Å². The van der Waals surface area contributed by atoms with Crippen LogP contribution in [0.2, 0.25) is 0 Å². The summed E-state index contributed by atoms with van der Waals surface area (Å²) in [6.07, 6.45) is 6.41. The van der Waals surface area contributed by atoms with E-state index in [0.717, 1.165) is 39.9 Å². The number of fused-ring (bicyclic) bond motifs is 1. The topological polar surface area (TPSA) is 73.3 Å².